The number of aromatic nitrogens is 3. The Bertz CT molecular complexity index is 3750. The van der Waals surface area contributed by atoms with Gasteiger partial charge in [0.25, 0.3) is 0 Å². The average molecular weight is 822 g/mol. The molecule has 0 aliphatic heterocycles. The summed E-state index contributed by atoms with van der Waals surface area (Å²) in [6.45, 7) is -1.18. The van der Waals surface area contributed by atoms with Crippen molar-refractivity contribution in [3.63, 3.8) is 0 Å². The summed E-state index contributed by atoms with van der Waals surface area (Å²) >= 11 is 0. The number of phenolic OH excluding ortho intramolecular Hbond substituents is 1. The number of benzene rings is 6. The number of aryl methyl sites for hydroxylation is 1. The Labute approximate surface area is 391 Å². The minimum Gasteiger partial charge on any atom is -0.507 e. The third-order valence-electron chi connectivity index (χ3n) is 10.8. The number of fused-ring (bicyclic) bond motifs is 1. The molecule has 1 N–H and O–H groups in total. The van der Waals surface area contributed by atoms with Gasteiger partial charge in [-0.25, -0.2) is 4.98 Å². The van der Waals surface area contributed by atoms with Crippen LogP contribution in [0.5, 0.6) is 5.75 Å². The van der Waals surface area contributed by atoms with Crippen LogP contribution in [0.15, 0.2) is 139 Å². The zero-order chi connectivity index (χ0) is 60.4. The van der Waals surface area contributed by atoms with Gasteiger partial charge in [-0.1, -0.05) is 148 Å². The topological polar surface area (TPSA) is 50.9 Å². The van der Waals surface area contributed by atoms with E-state index in [-0.39, 0.29) is 45.6 Å². The zero-order valence-electron chi connectivity index (χ0n) is 55.1. The maximum atomic E-state index is 11.5. The lowest BCUT2D eigenvalue weighted by molar-refractivity contribution is 0.477. The van der Waals surface area contributed by atoms with Gasteiger partial charge in [0, 0.05) is 35.1 Å². The highest BCUT2D eigenvalue weighted by Gasteiger charge is 2.24. The van der Waals surface area contributed by atoms with Crippen LogP contribution in [0.3, 0.4) is 0 Å². The second kappa shape index (κ2) is 16.0. The van der Waals surface area contributed by atoms with Crippen LogP contribution in [0.1, 0.15) is 136 Å². The van der Waals surface area contributed by atoms with Crippen molar-refractivity contribution < 1.29 is 32.5 Å². The van der Waals surface area contributed by atoms with E-state index < -0.39 is 103 Å². The van der Waals surface area contributed by atoms with Crippen molar-refractivity contribution in [2.75, 3.05) is 0 Å². The Morgan fingerprint density at radius 1 is 0.672 bits per heavy atom. The summed E-state index contributed by atoms with van der Waals surface area (Å²) in [5, 5.41) is 11.5. The minimum atomic E-state index is -3.95. The molecule has 2 aromatic heterocycles. The van der Waals surface area contributed by atoms with Crippen LogP contribution >= 0.6 is 0 Å². The first kappa shape index (κ1) is 23.7. The summed E-state index contributed by atoms with van der Waals surface area (Å²) in [6.07, 6.45) is -0.780. The molecule has 4 nitrogen and oxygen atoms in total. The first-order valence-corrected chi connectivity index (χ1v) is 20.0. The Balaban J connectivity index is 1.42. The number of nitrogens with zero attached hydrogens (tertiary/aromatic N) is 3. The van der Waals surface area contributed by atoms with E-state index in [4.69, 9.17) is 31.0 Å². The monoisotopic (exact) mass is 822 g/mol. The molecular formula is C57H59N3O. The molecule has 0 bridgehead atoms. The highest BCUT2D eigenvalue weighted by Crippen LogP contribution is 2.42. The van der Waals surface area contributed by atoms with Crippen LogP contribution in [0.4, 0.5) is 0 Å². The Kier molecular flexibility index (Phi) is 6.20. The molecule has 0 radical (unpaired) electrons. The number of imidazole rings is 1. The summed E-state index contributed by atoms with van der Waals surface area (Å²) < 4.78 is 176. The van der Waals surface area contributed by atoms with Gasteiger partial charge in [-0.05, 0) is 140 Å². The van der Waals surface area contributed by atoms with Crippen LogP contribution in [0, 0.1) is 6.85 Å². The van der Waals surface area contributed by atoms with Crippen molar-refractivity contribution in [1.82, 2.24) is 14.5 Å². The van der Waals surface area contributed by atoms with E-state index in [1.807, 2.05) is 65.0 Å². The fraction of sp³-hybridized carbons (Fsp3) is 0.263. The molecule has 0 amide bonds. The number of pyridine rings is 1. The summed E-state index contributed by atoms with van der Waals surface area (Å²) in [5.74, 6) is -1.00. The smallest absolute Gasteiger partial charge is 0.149 e. The lowest BCUT2D eigenvalue weighted by atomic mass is 9.83. The van der Waals surface area contributed by atoms with Gasteiger partial charge in [0.15, 0.2) is 0 Å². The Morgan fingerprint density at radius 2 is 1.39 bits per heavy atom. The predicted molar refractivity (Wildman–Crippen MR) is 258 cm³/mol. The third kappa shape index (κ3) is 8.04. The molecular weight excluding hydrogens is 743 g/mol. The van der Waals surface area contributed by atoms with Crippen molar-refractivity contribution in [3.05, 3.63) is 167 Å². The number of rotatable bonds is 8. The molecule has 0 atom stereocenters. The molecule has 2 heterocycles. The maximum Gasteiger partial charge on any atom is 0.149 e. The molecule has 0 saturated carbocycles. The molecule has 8 aromatic rings. The quantitative estimate of drug-likeness (QED) is 0.166. The normalized spacial score (nSPS) is 18.0. The number of hydrogen-bond acceptors (Lipinski definition) is 3. The lowest BCUT2D eigenvalue weighted by Gasteiger charge is -2.22. The van der Waals surface area contributed by atoms with E-state index in [2.05, 4.69) is 4.98 Å². The second-order valence-electron chi connectivity index (χ2n) is 16.9. The summed E-state index contributed by atoms with van der Waals surface area (Å²) in [4.78, 5) is 9.54. The van der Waals surface area contributed by atoms with Crippen molar-refractivity contribution in [2.24, 2.45) is 0 Å². The predicted octanol–water partition coefficient (Wildman–Crippen LogP) is 15.6. The van der Waals surface area contributed by atoms with Gasteiger partial charge in [-0.2, -0.15) is 0 Å². The average Bonchev–Trinajstić information content (AvgIpc) is 3.01. The molecule has 0 spiro atoms. The number of aromatic hydroxyl groups is 1. The highest BCUT2D eigenvalue weighted by molar-refractivity contribution is 5.97. The van der Waals surface area contributed by atoms with E-state index in [9.17, 15) is 6.48 Å². The lowest BCUT2D eigenvalue weighted by Crippen LogP contribution is -2.11. The van der Waals surface area contributed by atoms with E-state index in [1.54, 1.807) is 79.1 Å². The van der Waals surface area contributed by atoms with Crippen LogP contribution in [-0.2, 0) is 10.8 Å². The number of phenols is 1. The van der Waals surface area contributed by atoms with E-state index in [0.29, 0.717) is 38.9 Å². The standard InChI is InChI=1S/C57H59N3O/c1-35(2)45-17-14-18-46(36(3)4)53(45)40-24-27-50(37(5)30-40)60-51-20-15-19-47(54(51)59-55(60)48-16-12-13-21-52(48)61)41-31-42(33-44(32-41)57(9,10)11)49-34-39(28-29-58-49)38-22-25-43(26-23-38)56(6,7)8/h12-36,61H,1-11H3/i5D3,6D3,7D3,8D3,22D,23D,25D,26D,28D,29D,34D,35D. The second-order valence-corrected chi connectivity index (χ2v) is 16.9. The molecule has 4 heteroatoms. The summed E-state index contributed by atoms with van der Waals surface area (Å²) in [7, 11) is 0. The van der Waals surface area contributed by atoms with Gasteiger partial charge in [0.1, 0.15) is 11.6 Å². The SMILES string of the molecule is [2H]c1nc(-c2cc(-c3cccc4c3nc(-c3ccccc3O)n4-c3ccc(-c4c(C(C)C)cccc4C([2H])(C)C)cc3C([2H])([2H])[2H])cc(C(C)(C)C)c2)c([2H])c(-c2c([2H])c([2H])c(C(C([2H])([2H])[2H])(C([2H])([2H])[2H])C([2H])([2H])[2H])c([2H])c2[2H])c1[2H]. The fourth-order valence-electron chi connectivity index (χ4n) is 7.65. The van der Waals surface area contributed by atoms with Crippen molar-refractivity contribution in [2.45, 2.75) is 98.5 Å². The fourth-order valence-corrected chi connectivity index (χ4v) is 7.65. The maximum absolute atomic E-state index is 11.5. The van der Waals surface area contributed by atoms with Gasteiger partial charge in [0.2, 0.25) is 0 Å². The molecule has 8 rings (SSSR count). The van der Waals surface area contributed by atoms with E-state index >= 15 is 0 Å². The van der Waals surface area contributed by atoms with Crippen molar-refractivity contribution >= 4 is 11.0 Å². The molecule has 308 valence electrons. The third-order valence-corrected chi connectivity index (χ3v) is 10.8. The molecule has 0 unspecified atom stereocenters. The number of hydrogen-bond donors (Lipinski definition) is 1. The first-order chi connectivity index (χ1) is 37.2. The van der Waals surface area contributed by atoms with E-state index in [1.165, 1.54) is 6.07 Å². The molecule has 0 aliphatic carbocycles. The van der Waals surface area contributed by atoms with Crippen LogP contribution in [0.25, 0.3) is 72.7 Å². The van der Waals surface area contributed by atoms with Gasteiger partial charge in [-0.3, -0.25) is 9.55 Å². The van der Waals surface area contributed by atoms with Crippen LogP contribution < -0.4 is 0 Å². The first-order valence-electron chi connectivity index (χ1n) is 30.0. The molecule has 0 fully saturated rings. The minimum absolute atomic E-state index is 0.0188. The van der Waals surface area contributed by atoms with Gasteiger partial charge in [0.05, 0.1) is 37.6 Å². The molecule has 61 heavy (non-hydrogen) atoms. The van der Waals surface area contributed by atoms with Crippen LogP contribution in [0.2, 0.25) is 0 Å². The number of para-hydroxylation sites is 2. The molecule has 6 aromatic carbocycles. The van der Waals surface area contributed by atoms with Crippen LogP contribution in [-0.4, -0.2) is 19.6 Å². The van der Waals surface area contributed by atoms with Crippen molar-refractivity contribution in [1.29, 1.82) is 0 Å². The Morgan fingerprint density at radius 3 is 2.10 bits per heavy atom. The van der Waals surface area contributed by atoms with E-state index in [0.717, 1.165) is 11.1 Å². The molecule has 0 aliphatic rings. The largest absolute Gasteiger partial charge is 0.507 e. The zero-order valence-corrected chi connectivity index (χ0v) is 35.1. The summed E-state index contributed by atoms with van der Waals surface area (Å²) in [6, 6.07) is 21.3. The van der Waals surface area contributed by atoms with Gasteiger partial charge >= 0.3 is 0 Å². The van der Waals surface area contributed by atoms with Crippen molar-refractivity contribution in [3.8, 4) is 67.5 Å². The van der Waals surface area contributed by atoms with Gasteiger partial charge in [-0.15, -0.1) is 0 Å². The molecule has 0 saturated heterocycles. The van der Waals surface area contributed by atoms with Gasteiger partial charge < -0.3 is 5.11 Å². The Hall–Kier alpha value is -6.26. The highest BCUT2D eigenvalue weighted by atomic mass is 16.3. The summed E-state index contributed by atoms with van der Waals surface area (Å²) in [5.41, 5.74) is -1.76.